The zero-order chi connectivity index (χ0) is 21.2. The van der Waals surface area contributed by atoms with Crippen LogP contribution in [0.15, 0.2) is 53.4 Å². The van der Waals surface area contributed by atoms with Crippen LogP contribution in [0.2, 0.25) is 5.02 Å². The Morgan fingerprint density at radius 1 is 1.14 bits per heavy atom. The van der Waals surface area contributed by atoms with Crippen molar-refractivity contribution >= 4 is 39.4 Å². The Hall–Kier alpha value is -2.91. The fourth-order valence-corrected chi connectivity index (χ4v) is 4.53. The SMILES string of the molecule is CN(Cc1cccc(Cl)c1)C(=O)COC(=O)CN1C(=O)c2ccccc2S1(=O)=O. The van der Waals surface area contributed by atoms with Gasteiger partial charge in [0.15, 0.2) is 6.61 Å². The van der Waals surface area contributed by atoms with E-state index in [9.17, 15) is 22.8 Å². The summed E-state index contributed by atoms with van der Waals surface area (Å²) in [5.74, 6) is -2.29. The van der Waals surface area contributed by atoms with Crippen LogP contribution in [0.1, 0.15) is 15.9 Å². The van der Waals surface area contributed by atoms with Crippen LogP contribution < -0.4 is 0 Å². The van der Waals surface area contributed by atoms with Gasteiger partial charge in [0.05, 0.1) is 5.56 Å². The highest BCUT2D eigenvalue weighted by atomic mass is 35.5. The molecule has 29 heavy (non-hydrogen) atoms. The molecule has 0 spiro atoms. The molecule has 2 aromatic carbocycles. The lowest BCUT2D eigenvalue weighted by atomic mass is 10.2. The Balaban J connectivity index is 1.56. The molecular formula is C19H17ClN2O6S. The molecule has 0 saturated heterocycles. The van der Waals surface area contributed by atoms with Gasteiger partial charge in [0.1, 0.15) is 11.4 Å². The molecular weight excluding hydrogens is 420 g/mol. The zero-order valence-corrected chi connectivity index (χ0v) is 16.9. The number of sulfonamides is 1. The number of benzene rings is 2. The Labute approximate surface area is 172 Å². The van der Waals surface area contributed by atoms with Crippen molar-refractivity contribution in [2.45, 2.75) is 11.4 Å². The van der Waals surface area contributed by atoms with E-state index in [1.54, 1.807) is 24.3 Å². The van der Waals surface area contributed by atoms with E-state index in [1.165, 1.54) is 36.2 Å². The molecule has 0 bridgehead atoms. The fourth-order valence-electron chi connectivity index (χ4n) is 2.80. The number of hydrogen-bond acceptors (Lipinski definition) is 6. The van der Waals surface area contributed by atoms with Crippen molar-refractivity contribution in [2.75, 3.05) is 20.2 Å². The predicted octanol–water partition coefficient (Wildman–Crippen LogP) is 1.69. The lowest BCUT2D eigenvalue weighted by Gasteiger charge is -2.18. The Morgan fingerprint density at radius 2 is 1.86 bits per heavy atom. The second-order valence-electron chi connectivity index (χ2n) is 6.35. The first-order valence-electron chi connectivity index (χ1n) is 8.50. The summed E-state index contributed by atoms with van der Waals surface area (Å²) in [6, 6.07) is 12.6. The summed E-state index contributed by atoms with van der Waals surface area (Å²) in [4.78, 5) is 37.7. The topological polar surface area (TPSA) is 101 Å². The van der Waals surface area contributed by atoms with Crippen molar-refractivity contribution in [3.63, 3.8) is 0 Å². The van der Waals surface area contributed by atoms with Gasteiger partial charge in [-0.15, -0.1) is 0 Å². The van der Waals surface area contributed by atoms with Gasteiger partial charge in [0.2, 0.25) is 0 Å². The summed E-state index contributed by atoms with van der Waals surface area (Å²) in [7, 11) is -2.59. The van der Waals surface area contributed by atoms with E-state index in [0.29, 0.717) is 9.33 Å². The minimum absolute atomic E-state index is 0.00219. The van der Waals surface area contributed by atoms with Crippen molar-refractivity contribution in [3.05, 3.63) is 64.7 Å². The summed E-state index contributed by atoms with van der Waals surface area (Å²) >= 11 is 5.91. The highest BCUT2D eigenvalue weighted by Crippen LogP contribution is 2.29. The molecule has 152 valence electrons. The minimum atomic E-state index is -4.12. The molecule has 0 fully saturated rings. The highest BCUT2D eigenvalue weighted by Gasteiger charge is 2.42. The summed E-state index contributed by atoms with van der Waals surface area (Å²) in [5, 5.41) is 0.535. The highest BCUT2D eigenvalue weighted by molar-refractivity contribution is 7.90. The molecule has 3 rings (SSSR count). The van der Waals surface area contributed by atoms with E-state index >= 15 is 0 Å². The molecule has 0 aromatic heterocycles. The van der Waals surface area contributed by atoms with E-state index in [-0.39, 0.29) is 17.0 Å². The molecule has 0 saturated carbocycles. The third kappa shape index (κ3) is 4.41. The van der Waals surface area contributed by atoms with Crippen molar-refractivity contribution < 1.29 is 27.5 Å². The maximum atomic E-state index is 12.4. The molecule has 0 unspecified atom stereocenters. The van der Waals surface area contributed by atoms with E-state index < -0.39 is 41.0 Å². The monoisotopic (exact) mass is 436 g/mol. The maximum Gasteiger partial charge on any atom is 0.327 e. The van der Waals surface area contributed by atoms with Gasteiger partial charge >= 0.3 is 5.97 Å². The van der Waals surface area contributed by atoms with Gasteiger partial charge in [-0.3, -0.25) is 14.4 Å². The second-order valence-corrected chi connectivity index (χ2v) is 8.62. The molecule has 1 aliphatic rings. The predicted molar refractivity (Wildman–Crippen MR) is 104 cm³/mol. The van der Waals surface area contributed by atoms with E-state index in [2.05, 4.69) is 0 Å². The number of hydrogen-bond donors (Lipinski definition) is 0. The number of esters is 1. The molecule has 2 aromatic rings. The lowest BCUT2D eigenvalue weighted by molar-refractivity contribution is -0.151. The third-order valence-corrected chi connectivity index (χ3v) is 6.30. The summed E-state index contributed by atoms with van der Waals surface area (Å²) in [5.41, 5.74) is 0.795. The van der Waals surface area contributed by atoms with Crippen LogP contribution in [0.4, 0.5) is 0 Å². The van der Waals surface area contributed by atoms with Crippen LogP contribution in [0, 0.1) is 0 Å². The molecule has 0 N–H and O–H groups in total. The molecule has 0 aliphatic carbocycles. The maximum absolute atomic E-state index is 12.4. The average molecular weight is 437 g/mol. The minimum Gasteiger partial charge on any atom is -0.454 e. The van der Waals surface area contributed by atoms with Crippen LogP contribution in [0.25, 0.3) is 0 Å². The number of likely N-dealkylation sites (N-methyl/N-ethyl adjacent to an activating group) is 1. The number of rotatable bonds is 6. The Kier molecular flexibility index (Phi) is 5.90. The summed E-state index contributed by atoms with van der Waals surface area (Å²) < 4.78 is 30.2. The molecule has 2 amide bonds. The van der Waals surface area contributed by atoms with Gasteiger partial charge in [-0.05, 0) is 29.8 Å². The van der Waals surface area contributed by atoms with Crippen LogP contribution in [0.3, 0.4) is 0 Å². The van der Waals surface area contributed by atoms with E-state index in [1.807, 2.05) is 0 Å². The molecule has 8 nitrogen and oxygen atoms in total. The second kappa shape index (κ2) is 8.22. The summed E-state index contributed by atoms with van der Waals surface area (Å²) in [6.45, 7) is -1.13. The first-order chi connectivity index (χ1) is 13.7. The van der Waals surface area contributed by atoms with Gasteiger partial charge in [-0.2, -0.15) is 0 Å². The normalized spacial score (nSPS) is 14.4. The summed E-state index contributed by atoms with van der Waals surface area (Å²) in [6.07, 6.45) is 0. The molecule has 0 radical (unpaired) electrons. The van der Waals surface area contributed by atoms with Crippen LogP contribution >= 0.6 is 11.6 Å². The Morgan fingerprint density at radius 3 is 2.55 bits per heavy atom. The molecule has 1 aliphatic heterocycles. The number of carbonyl (C=O) groups is 3. The van der Waals surface area contributed by atoms with Crippen molar-refractivity contribution in [1.82, 2.24) is 9.21 Å². The van der Waals surface area contributed by atoms with Crippen molar-refractivity contribution in [3.8, 4) is 0 Å². The number of halogens is 1. The number of carbonyl (C=O) groups excluding carboxylic acids is 3. The molecule has 0 atom stereocenters. The standard InChI is InChI=1S/C19H17ClN2O6S/c1-21(10-13-5-4-6-14(20)9-13)17(23)12-28-18(24)11-22-19(25)15-7-2-3-8-16(15)29(22,26)27/h2-9H,10-12H2,1H3. The van der Waals surface area contributed by atoms with Crippen LogP contribution in [-0.4, -0.2) is 55.6 Å². The molecule has 1 heterocycles. The van der Waals surface area contributed by atoms with E-state index in [4.69, 9.17) is 16.3 Å². The van der Waals surface area contributed by atoms with Crippen LogP contribution in [0.5, 0.6) is 0 Å². The lowest BCUT2D eigenvalue weighted by Crippen LogP contribution is -2.37. The van der Waals surface area contributed by atoms with Gasteiger partial charge in [0, 0.05) is 18.6 Å². The Bertz CT molecular complexity index is 1090. The van der Waals surface area contributed by atoms with Crippen LogP contribution in [-0.2, 0) is 30.9 Å². The fraction of sp³-hybridized carbons (Fsp3) is 0.211. The van der Waals surface area contributed by atoms with Crippen molar-refractivity contribution in [1.29, 1.82) is 0 Å². The third-order valence-electron chi connectivity index (χ3n) is 4.28. The quantitative estimate of drug-likeness (QED) is 0.638. The van der Waals surface area contributed by atoms with Crippen molar-refractivity contribution in [2.24, 2.45) is 0 Å². The average Bonchev–Trinajstić information content (AvgIpc) is 2.87. The van der Waals surface area contributed by atoms with Gasteiger partial charge in [-0.25, -0.2) is 12.7 Å². The number of ether oxygens (including phenoxy) is 1. The van der Waals surface area contributed by atoms with Gasteiger partial charge in [-0.1, -0.05) is 35.9 Å². The first kappa shape index (κ1) is 20.8. The largest absolute Gasteiger partial charge is 0.454 e. The first-order valence-corrected chi connectivity index (χ1v) is 10.3. The molecule has 10 heteroatoms. The number of fused-ring (bicyclic) bond motifs is 1. The number of nitrogens with zero attached hydrogens (tertiary/aromatic N) is 2. The zero-order valence-electron chi connectivity index (χ0n) is 15.4. The van der Waals surface area contributed by atoms with Gasteiger partial charge in [0.25, 0.3) is 21.8 Å². The smallest absolute Gasteiger partial charge is 0.327 e. The van der Waals surface area contributed by atoms with E-state index in [0.717, 1.165) is 5.56 Å². The number of amides is 2. The van der Waals surface area contributed by atoms with Gasteiger partial charge < -0.3 is 9.64 Å².